The molecule has 1 aliphatic rings. The van der Waals surface area contributed by atoms with Crippen LogP contribution in [0.2, 0.25) is 0 Å². The third-order valence-corrected chi connectivity index (χ3v) is 3.07. The number of piperazine rings is 1. The average Bonchev–Trinajstić information content (AvgIpc) is 2.32. The van der Waals surface area contributed by atoms with Gasteiger partial charge in [0.2, 0.25) is 5.91 Å². The fourth-order valence-corrected chi connectivity index (χ4v) is 2.03. The van der Waals surface area contributed by atoms with Gasteiger partial charge in [-0.05, 0) is 12.5 Å². The molecule has 1 heterocycles. The van der Waals surface area contributed by atoms with Crippen molar-refractivity contribution in [2.45, 2.75) is 19.5 Å². The summed E-state index contributed by atoms with van der Waals surface area (Å²) in [6.45, 7) is 2.77. The number of hydrogen-bond donors (Lipinski definition) is 2. The number of carboxylic acid groups (broad SMARTS) is 1. The SMILES string of the molecule is Cc1ccc(CN2CC(=O)NCC2C(=O)O)cc1. The number of nitrogens with one attached hydrogen (secondary N) is 1. The maximum absolute atomic E-state index is 11.3. The van der Waals surface area contributed by atoms with Crippen LogP contribution in [0.15, 0.2) is 24.3 Å². The van der Waals surface area contributed by atoms with Gasteiger partial charge in [-0.25, -0.2) is 0 Å². The zero-order chi connectivity index (χ0) is 13.1. The van der Waals surface area contributed by atoms with Gasteiger partial charge < -0.3 is 10.4 Å². The van der Waals surface area contributed by atoms with E-state index in [1.807, 2.05) is 31.2 Å². The minimum atomic E-state index is -0.901. The van der Waals surface area contributed by atoms with Gasteiger partial charge in [-0.15, -0.1) is 0 Å². The van der Waals surface area contributed by atoms with E-state index in [-0.39, 0.29) is 19.0 Å². The molecule has 2 N–H and O–H groups in total. The number of carbonyl (C=O) groups is 2. The first kappa shape index (κ1) is 12.6. The van der Waals surface area contributed by atoms with Crippen molar-refractivity contribution in [3.05, 3.63) is 35.4 Å². The van der Waals surface area contributed by atoms with Gasteiger partial charge in [-0.3, -0.25) is 14.5 Å². The van der Waals surface area contributed by atoms with E-state index in [2.05, 4.69) is 5.32 Å². The maximum atomic E-state index is 11.3. The molecule has 1 aromatic carbocycles. The Morgan fingerprint density at radius 1 is 1.44 bits per heavy atom. The molecule has 2 rings (SSSR count). The van der Waals surface area contributed by atoms with Gasteiger partial charge in [0.05, 0.1) is 6.54 Å². The van der Waals surface area contributed by atoms with Crippen LogP contribution in [0.3, 0.4) is 0 Å². The highest BCUT2D eigenvalue weighted by Crippen LogP contribution is 2.12. The van der Waals surface area contributed by atoms with Crippen molar-refractivity contribution in [3.63, 3.8) is 0 Å². The summed E-state index contributed by atoms with van der Waals surface area (Å²) >= 11 is 0. The Labute approximate surface area is 105 Å². The topological polar surface area (TPSA) is 69.6 Å². The van der Waals surface area contributed by atoms with E-state index in [9.17, 15) is 9.59 Å². The van der Waals surface area contributed by atoms with E-state index in [1.54, 1.807) is 4.90 Å². The first-order valence-corrected chi connectivity index (χ1v) is 5.85. The molecule has 18 heavy (non-hydrogen) atoms. The maximum Gasteiger partial charge on any atom is 0.322 e. The van der Waals surface area contributed by atoms with Crippen molar-refractivity contribution in [2.75, 3.05) is 13.1 Å². The van der Waals surface area contributed by atoms with Crippen LogP contribution >= 0.6 is 0 Å². The molecule has 0 radical (unpaired) electrons. The summed E-state index contributed by atoms with van der Waals surface area (Å²) in [5.41, 5.74) is 2.17. The Kier molecular flexibility index (Phi) is 3.62. The van der Waals surface area contributed by atoms with E-state index < -0.39 is 12.0 Å². The summed E-state index contributed by atoms with van der Waals surface area (Å²) in [5, 5.41) is 11.7. The molecule has 1 aliphatic heterocycles. The highest BCUT2D eigenvalue weighted by atomic mass is 16.4. The van der Waals surface area contributed by atoms with Gasteiger partial charge in [-0.2, -0.15) is 0 Å². The number of rotatable bonds is 3. The van der Waals surface area contributed by atoms with Gasteiger partial charge in [0.25, 0.3) is 0 Å². The van der Waals surface area contributed by atoms with Gasteiger partial charge in [0.1, 0.15) is 6.04 Å². The van der Waals surface area contributed by atoms with E-state index in [4.69, 9.17) is 5.11 Å². The largest absolute Gasteiger partial charge is 0.480 e. The summed E-state index contributed by atoms with van der Waals surface area (Å²) in [4.78, 5) is 24.1. The van der Waals surface area contributed by atoms with Crippen LogP contribution in [0.5, 0.6) is 0 Å². The molecule has 0 spiro atoms. The zero-order valence-corrected chi connectivity index (χ0v) is 10.2. The predicted octanol–water partition coefficient (Wildman–Crippen LogP) is 0.380. The fraction of sp³-hybridized carbons (Fsp3) is 0.385. The second-order valence-corrected chi connectivity index (χ2v) is 4.55. The molecule has 1 fully saturated rings. The molecule has 1 aromatic rings. The third-order valence-electron chi connectivity index (χ3n) is 3.07. The average molecular weight is 248 g/mol. The van der Waals surface area contributed by atoms with Crippen molar-refractivity contribution >= 4 is 11.9 Å². The third kappa shape index (κ3) is 2.87. The van der Waals surface area contributed by atoms with Crippen molar-refractivity contribution in [1.82, 2.24) is 10.2 Å². The van der Waals surface area contributed by atoms with Gasteiger partial charge >= 0.3 is 5.97 Å². The number of aliphatic carboxylic acids is 1. The van der Waals surface area contributed by atoms with Crippen LogP contribution in [0, 0.1) is 6.92 Å². The van der Waals surface area contributed by atoms with Crippen LogP contribution in [-0.2, 0) is 16.1 Å². The quantitative estimate of drug-likeness (QED) is 0.811. The van der Waals surface area contributed by atoms with Crippen LogP contribution in [0.25, 0.3) is 0 Å². The molecule has 5 nitrogen and oxygen atoms in total. The molecule has 1 unspecified atom stereocenters. The van der Waals surface area contributed by atoms with Crippen LogP contribution in [0.4, 0.5) is 0 Å². The Morgan fingerprint density at radius 2 is 2.11 bits per heavy atom. The first-order chi connectivity index (χ1) is 8.56. The van der Waals surface area contributed by atoms with Crippen LogP contribution < -0.4 is 5.32 Å². The second kappa shape index (κ2) is 5.18. The number of aryl methyl sites for hydroxylation is 1. The van der Waals surface area contributed by atoms with Crippen molar-refractivity contribution in [1.29, 1.82) is 0 Å². The van der Waals surface area contributed by atoms with E-state index >= 15 is 0 Å². The minimum absolute atomic E-state index is 0.125. The molecule has 1 saturated heterocycles. The molecule has 1 amide bonds. The molecular weight excluding hydrogens is 232 g/mol. The van der Waals surface area contributed by atoms with Crippen LogP contribution in [-0.4, -0.2) is 41.0 Å². The predicted molar refractivity (Wildman–Crippen MR) is 66.0 cm³/mol. The van der Waals surface area contributed by atoms with E-state index in [1.165, 1.54) is 0 Å². The Hall–Kier alpha value is -1.88. The monoisotopic (exact) mass is 248 g/mol. The fourth-order valence-electron chi connectivity index (χ4n) is 2.03. The van der Waals surface area contributed by atoms with Gasteiger partial charge in [0.15, 0.2) is 0 Å². The molecule has 1 atom stereocenters. The van der Waals surface area contributed by atoms with Crippen LogP contribution in [0.1, 0.15) is 11.1 Å². The molecule has 5 heteroatoms. The lowest BCUT2D eigenvalue weighted by molar-refractivity contribution is -0.146. The lowest BCUT2D eigenvalue weighted by Crippen LogP contribution is -2.56. The standard InChI is InChI=1S/C13H16N2O3/c1-9-2-4-10(5-3-9)7-15-8-12(16)14-6-11(15)13(17)18/h2-5,11H,6-8H2,1H3,(H,14,16)(H,17,18). The van der Waals surface area contributed by atoms with Crippen molar-refractivity contribution in [3.8, 4) is 0 Å². The zero-order valence-electron chi connectivity index (χ0n) is 10.2. The second-order valence-electron chi connectivity index (χ2n) is 4.55. The first-order valence-electron chi connectivity index (χ1n) is 5.85. The van der Waals surface area contributed by atoms with Crippen molar-refractivity contribution in [2.24, 2.45) is 0 Å². The van der Waals surface area contributed by atoms with E-state index in [0.717, 1.165) is 11.1 Å². The number of nitrogens with zero attached hydrogens (tertiary/aromatic N) is 1. The molecule has 96 valence electrons. The number of amides is 1. The molecule has 0 aromatic heterocycles. The van der Waals surface area contributed by atoms with Crippen molar-refractivity contribution < 1.29 is 14.7 Å². The Morgan fingerprint density at radius 3 is 2.72 bits per heavy atom. The summed E-state index contributed by atoms with van der Waals surface area (Å²) in [5.74, 6) is -1.03. The molecule has 0 bridgehead atoms. The number of benzene rings is 1. The van der Waals surface area contributed by atoms with Gasteiger partial charge in [0, 0.05) is 13.1 Å². The van der Waals surface area contributed by atoms with E-state index in [0.29, 0.717) is 6.54 Å². The summed E-state index contributed by atoms with van der Waals surface area (Å²) in [6.07, 6.45) is 0. The van der Waals surface area contributed by atoms with Gasteiger partial charge in [-0.1, -0.05) is 29.8 Å². The number of carbonyl (C=O) groups excluding carboxylic acids is 1. The normalized spacial score (nSPS) is 20.5. The molecule has 0 aliphatic carbocycles. The Balaban J connectivity index is 2.11. The summed E-state index contributed by atoms with van der Waals surface area (Å²) in [7, 11) is 0. The highest BCUT2D eigenvalue weighted by Gasteiger charge is 2.31. The lowest BCUT2D eigenvalue weighted by Gasteiger charge is -2.32. The summed E-state index contributed by atoms with van der Waals surface area (Å²) in [6, 6.07) is 7.23. The lowest BCUT2D eigenvalue weighted by atomic mass is 10.1. The number of hydrogen-bond acceptors (Lipinski definition) is 3. The summed E-state index contributed by atoms with van der Waals surface area (Å²) < 4.78 is 0. The molecular formula is C13H16N2O3. The highest BCUT2D eigenvalue weighted by molar-refractivity contribution is 5.83. The molecule has 0 saturated carbocycles. The Bertz CT molecular complexity index is 456. The minimum Gasteiger partial charge on any atom is -0.480 e. The number of carboxylic acids is 1. The smallest absolute Gasteiger partial charge is 0.322 e.